The molecule has 1 unspecified atom stereocenters. The number of ether oxygens (including phenoxy) is 1. The third-order valence-electron chi connectivity index (χ3n) is 2.14. The molecule has 0 saturated heterocycles. The zero-order valence-electron chi connectivity index (χ0n) is 11.3. The molecular formula is C10H23N3O4S. The number of rotatable bonds is 8. The van der Waals surface area contributed by atoms with Crippen LogP contribution in [0.3, 0.4) is 0 Å². The fraction of sp³-hybridized carbons (Fsp3) is 0.900. The summed E-state index contributed by atoms with van der Waals surface area (Å²) in [5.41, 5.74) is 4.87. The number of nitrogens with two attached hydrogens (primary N) is 1. The maximum atomic E-state index is 11.6. The summed E-state index contributed by atoms with van der Waals surface area (Å²) in [6.07, 6.45) is 1.49. The molecule has 0 aromatic heterocycles. The molecule has 0 spiro atoms. The Balaban J connectivity index is 4.19. The van der Waals surface area contributed by atoms with E-state index in [-0.39, 0.29) is 12.5 Å². The van der Waals surface area contributed by atoms with Crippen LogP contribution in [0.15, 0.2) is 0 Å². The molecule has 0 rings (SSSR count). The Kier molecular flexibility index (Phi) is 6.76. The lowest BCUT2D eigenvalue weighted by molar-refractivity contribution is -0.123. The third kappa shape index (κ3) is 8.40. The Morgan fingerprint density at radius 2 is 2.00 bits per heavy atom. The van der Waals surface area contributed by atoms with Gasteiger partial charge in [-0.15, -0.1) is 0 Å². The predicted molar refractivity (Wildman–Crippen MR) is 69.5 cm³/mol. The molecule has 1 amide bonds. The molecule has 0 radical (unpaired) electrons. The van der Waals surface area contributed by atoms with E-state index in [9.17, 15) is 13.2 Å². The maximum Gasteiger partial charge on any atom is 0.237 e. The highest BCUT2D eigenvalue weighted by Gasteiger charge is 2.24. The van der Waals surface area contributed by atoms with Crippen LogP contribution in [-0.4, -0.2) is 52.4 Å². The molecule has 0 saturated carbocycles. The van der Waals surface area contributed by atoms with E-state index in [1.165, 1.54) is 7.11 Å². The Morgan fingerprint density at radius 3 is 2.44 bits per heavy atom. The molecule has 0 aliphatic carbocycles. The molecule has 0 aromatic carbocycles. The number of hydrogen-bond donors (Lipinski definition) is 3. The molecule has 7 nitrogen and oxygen atoms in total. The van der Waals surface area contributed by atoms with Crippen molar-refractivity contribution in [3.63, 3.8) is 0 Å². The van der Waals surface area contributed by atoms with Gasteiger partial charge >= 0.3 is 0 Å². The lowest BCUT2D eigenvalue weighted by Crippen LogP contribution is -2.53. The molecule has 108 valence electrons. The van der Waals surface area contributed by atoms with Gasteiger partial charge in [0, 0.05) is 25.8 Å². The van der Waals surface area contributed by atoms with Crippen LogP contribution in [0, 0.1) is 0 Å². The monoisotopic (exact) mass is 281 g/mol. The summed E-state index contributed by atoms with van der Waals surface area (Å²) in [5.74, 6) is -0.324. The van der Waals surface area contributed by atoms with E-state index in [4.69, 9.17) is 10.5 Å². The van der Waals surface area contributed by atoms with Crippen molar-refractivity contribution in [2.75, 3.05) is 26.5 Å². The number of amides is 1. The first kappa shape index (κ1) is 17.3. The van der Waals surface area contributed by atoms with Crippen LogP contribution in [0.4, 0.5) is 0 Å². The molecule has 0 fully saturated rings. The molecule has 0 aliphatic heterocycles. The van der Waals surface area contributed by atoms with Gasteiger partial charge in [0.05, 0.1) is 12.3 Å². The first-order valence-corrected chi connectivity index (χ1v) is 7.48. The van der Waals surface area contributed by atoms with Gasteiger partial charge in [-0.2, -0.15) is 0 Å². The minimum Gasteiger partial charge on any atom is -0.385 e. The summed E-state index contributed by atoms with van der Waals surface area (Å²) in [6.45, 7) is 3.92. The SMILES string of the molecule is COCCC(N)C(=O)NCC(C)(C)NS(C)(=O)=O. The quantitative estimate of drug-likeness (QED) is 0.517. The van der Waals surface area contributed by atoms with Crippen LogP contribution in [0.25, 0.3) is 0 Å². The van der Waals surface area contributed by atoms with Gasteiger partial charge in [0.15, 0.2) is 0 Å². The molecule has 0 aliphatic rings. The highest BCUT2D eigenvalue weighted by Crippen LogP contribution is 2.02. The summed E-state index contributed by atoms with van der Waals surface area (Å²) in [4.78, 5) is 11.6. The summed E-state index contributed by atoms with van der Waals surface area (Å²) in [7, 11) is -1.79. The summed E-state index contributed by atoms with van der Waals surface area (Å²) >= 11 is 0. The fourth-order valence-electron chi connectivity index (χ4n) is 1.35. The third-order valence-corrected chi connectivity index (χ3v) is 3.06. The average Bonchev–Trinajstić information content (AvgIpc) is 2.19. The number of sulfonamides is 1. The van der Waals surface area contributed by atoms with Crippen molar-refractivity contribution < 1.29 is 17.9 Å². The number of carbonyl (C=O) groups is 1. The number of carbonyl (C=O) groups excluding carboxylic acids is 1. The van der Waals surface area contributed by atoms with Crippen LogP contribution >= 0.6 is 0 Å². The van der Waals surface area contributed by atoms with Gasteiger partial charge in [0.1, 0.15) is 0 Å². The van der Waals surface area contributed by atoms with Gasteiger partial charge in [-0.3, -0.25) is 4.79 Å². The molecule has 0 aromatic rings. The summed E-state index contributed by atoms with van der Waals surface area (Å²) in [6, 6.07) is -0.654. The zero-order valence-corrected chi connectivity index (χ0v) is 12.1. The molecular weight excluding hydrogens is 258 g/mol. The van der Waals surface area contributed by atoms with E-state index in [1.54, 1.807) is 13.8 Å². The Labute approximate surface area is 108 Å². The first-order valence-electron chi connectivity index (χ1n) is 5.58. The van der Waals surface area contributed by atoms with Gasteiger partial charge in [-0.1, -0.05) is 0 Å². The second-order valence-corrected chi connectivity index (χ2v) is 6.61. The van der Waals surface area contributed by atoms with Gasteiger partial charge in [-0.05, 0) is 20.3 Å². The minimum absolute atomic E-state index is 0.166. The maximum absolute atomic E-state index is 11.6. The second-order valence-electron chi connectivity index (χ2n) is 4.86. The van der Waals surface area contributed by atoms with Gasteiger partial charge < -0.3 is 15.8 Å². The smallest absolute Gasteiger partial charge is 0.237 e. The average molecular weight is 281 g/mol. The number of nitrogens with one attached hydrogen (secondary N) is 2. The normalized spacial score (nSPS) is 14.3. The van der Waals surface area contributed by atoms with E-state index >= 15 is 0 Å². The lowest BCUT2D eigenvalue weighted by Gasteiger charge is -2.26. The van der Waals surface area contributed by atoms with Crippen LogP contribution in [0.5, 0.6) is 0 Å². The fourth-order valence-corrected chi connectivity index (χ4v) is 2.43. The van der Waals surface area contributed by atoms with E-state index in [0.717, 1.165) is 6.26 Å². The van der Waals surface area contributed by atoms with Crippen molar-refractivity contribution in [1.82, 2.24) is 10.0 Å². The van der Waals surface area contributed by atoms with Crippen molar-refractivity contribution in [3.8, 4) is 0 Å². The molecule has 18 heavy (non-hydrogen) atoms. The van der Waals surface area contributed by atoms with Gasteiger partial charge in [0.2, 0.25) is 15.9 Å². The summed E-state index contributed by atoms with van der Waals surface area (Å²) < 4.78 is 29.5. The minimum atomic E-state index is -3.32. The predicted octanol–water partition coefficient (Wildman–Crippen LogP) is -1.21. The van der Waals surface area contributed by atoms with Crippen LogP contribution < -0.4 is 15.8 Å². The topological polar surface area (TPSA) is 111 Å². The van der Waals surface area contributed by atoms with Gasteiger partial charge in [0.25, 0.3) is 0 Å². The number of methoxy groups -OCH3 is 1. The van der Waals surface area contributed by atoms with Gasteiger partial charge in [-0.25, -0.2) is 13.1 Å². The molecule has 0 heterocycles. The van der Waals surface area contributed by atoms with Crippen LogP contribution in [-0.2, 0) is 19.6 Å². The van der Waals surface area contributed by atoms with Crippen molar-refractivity contribution in [2.24, 2.45) is 5.73 Å². The Bertz CT molecular complexity index is 367. The summed E-state index contributed by atoms with van der Waals surface area (Å²) in [5, 5.41) is 2.61. The van der Waals surface area contributed by atoms with Crippen molar-refractivity contribution >= 4 is 15.9 Å². The van der Waals surface area contributed by atoms with Crippen molar-refractivity contribution in [2.45, 2.75) is 31.8 Å². The van der Waals surface area contributed by atoms with E-state index < -0.39 is 21.6 Å². The molecule has 4 N–H and O–H groups in total. The largest absolute Gasteiger partial charge is 0.385 e. The molecule has 8 heteroatoms. The first-order chi connectivity index (χ1) is 8.07. The zero-order chi connectivity index (χ0) is 14.4. The van der Waals surface area contributed by atoms with Crippen LogP contribution in [0.2, 0.25) is 0 Å². The molecule has 0 bridgehead atoms. The van der Waals surface area contributed by atoms with E-state index in [2.05, 4.69) is 10.0 Å². The second kappa shape index (κ2) is 7.03. The van der Waals surface area contributed by atoms with Crippen LogP contribution in [0.1, 0.15) is 20.3 Å². The highest BCUT2D eigenvalue weighted by atomic mass is 32.2. The van der Waals surface area contributed by atoms with E-state index in [1.807, 2.05) is 0 Å². The Hall–Kier alpha value is -0.700. The molecule has 1 atom stereocenters. The number of hydrogen-bond acceptors (Lipinski definition) is 5. The lowest BCUT2D eigenvalue weighted by atomic mass is 10.1. The standard InChI is InChI=1S/C10H23N3O4S/c1-10(2,13-18(4,15)16)7-12-9(14)8(11)5-6-17-3/h8,13H,5-7,11H2,1-4H3,(H,12,14). The van der Waals surface area contributed by atoms with Crippen molar-refractivity contribution in [3.05, 3.63) is 0 Å². The van der Waals surface area contributed by atoms with Crippen molar-refractivity contribution in [1.29, 1.82) is 0 Å². The Morgan fingerprint density at radius 1 is 1.44 bits per heavy atom. The van der Waals surface area contributed by atoms with E-state index in [0.29, 0.717) is 13.0 Å². The highest BCUT2D eigenvalue weighted by molar-refractivity contribution is 7.88.